The van der Waals surface area contributed by atoms with Crippen LogP contribution in [0.3, 0.4) is 0 Å². The number of nitrogens with one attached hydrogen (secondary N) is 1. The highest BCUT2D eigenvalue weighted by atomic mass is 32.2. The van der Waals surface area contributed by atoms with Crippen molar-refractivity contribution in [1.29, 1.82) is 0 Å². The van der Waals surface area contributed by atoms with Gasteiger partial charge in [-0.2, -0.15) is 0 Å². The van der Waals surface area contributed by atoms with Crippen molar-refractivity contribution in [1.82, 2.24) is 9.62 Å². The van der Waals surface area contributed by atoms with Crippen LogP contribution in [0, 0.1) is 0 Å². The topological polar surface area (TPSA) is 92.8 Å². The van der Waals surface area contributed by atoms with E-state index < -0.39 is 21.7 Å². The van der Waals surface area contributed by atoms with Gasteiger partial charge in [0.2, 0.25) is 5.78 Å². The quantitative estimate of drug-likeness (QED) is 0.816. The van der Waals surface area contributed by atoms with E-state index in [9.17, 15) is 18.0 Å². The molecule has 0 saturated carbocycles. The molecule has 0 aliphatic carbocycles. The maximum Gasteiger partial charge on any atom is 0.264 e. The van der Waals surface area contributed by atoms with E-state index in [1.54, 1.807) is 36.4 Å². The molecule has 0 radical (unpaired) electrons. The van der Waals surface area contributed by atoms with Crippen LogP contribution >= 0.6 is 0 Å². The van der Waals surface area contributed by atoms with Gasteiger partial charge in [-0.3, -0.25) is 13.9 Å². The molecular formula is C19H18N2O5S. The number of carbonyl (C=O) groups excluding carboxylic acids is 2. The first-order chi connectivity index (χ1) is 12.8. The minimum Gasteiger partial charge on any atom is -0.497 e. The number of hydrogen-bond donors (Lipinski definition) is 1. The number of likely N-dealkylation sites (N-methyl/N-ethyl adjacent to an activating group) is 1. The van der Waals surface area contributed by atoms with Gasteiger partial charge in [0.15, 0.2) is 0 Å². The summed E-state index contributed by atoms with van der Waals surface area (Å²) in [6.07, 6.45) is 0. The third-order valence-corrected chi connectivity index (χ3v) is 6.12. The van der Waals surface area contributed by atoms with Crippen molar-refractivity contribution in [3.05, 3.63) is 71.1 Å². The standard InChI is InChI=1S/C19H18N2O5S/c1-12(20-19(23)13-8-10-14(26-3)11-9-13)17-18(22)15-6-4-5-7-16(15)27(24,25)21(17)2/h4-11H,1-3H3,(H,20,23). The van der Waals surface area contributed by atoms with E-state index in [0.717, 1.165) is 4.31 Å². The molecule has 0 bridgehead atoms. The van der Waals surface area contributed by atoms with Crippen LogP contribution in [0.4, 0.5) is 0 Å². The van der Waals surface area contributed by atoms with Gasteiger partial charge in [0.1, 0.15) is 11.4 Å². The monoisotopic (exact) mass is 386 g/mol. The lowest BCUT2D eigenvalue weighted by Gasteiger charge is -2.29. The molecule has 0 aromatic heterocycles. The summed E-state index contributed by atoms with van der Waals surface area (Å²) >= 11 is 0. The molecular weight excluding hydrogens is 368 g/mol. The molecule has 27 heavy (non-hydrogen) atoms. The largest absolute Gasteiger partial charge is 0.497 e. The van der Waals surface area contributed by atoms with Crippen LogP contribution in [0.1, 0.15) is 27.6 Å². The average molecular weight is 386 g/mol. The first-order valence-electron chi connectivity index (χ1n) is 8.06. The van der Waals surface area contributed by atoms with Gasteiger partial charge >= 0.3 is 0 Å². The molecule has 1 heterocycles. The molecule has 140 valence electrons. The van der Waals surface area contributed by atoms with Gasteiger partial charge in [-0.05, 0) is 43.3 Å². The lowest BCUT2D eigenvalue weighted by atomic mass is 10.1. The van der Waals surface area contributed by atoms with E-state index in [4.69, 9.17) is 4.74 Å². The van der Waals surface area contributed by atoms with Crippen molar-refractivity contribution in [2.24, 2.45) is 0 Å². The van der Waals surface area contributed by atoms with Crippen molar-refractivity contribution in [2.75, 3.05) is 14.2 Å². The number of amides is 1. The number of nitrogens with zero attached hydrogens (tertiary/aromatic N) is 1. The molecule has 0 saturated heterocycles. The summed E-state index contributed by atoms with van der Waals surface area (Å²) in [5, 5.41) is 2.61. The maximum absolute atomic E-state index is 12.8. The second kappa shape index (κ2) is 6.88. The van der Waals surface area contributed by atoms with Crippen molar-refractivity contribution in [3.63, 3.8) is 0 Å². The summed E-state index contributed by atoms with van der Waals surface area (Å²) < 4.78 is 31.4. The predicted octanol–water partition coefficient (Wildman–Crippen LogP) is 2.17. The van der Waals surface area contributed by atoms with Crippen molar-refractivity contribution >= 4 is 21.7 Å². The third kappa shape index (κ3) is 3.19. The summed E-state index contributed by atoms with van der Waals surface area (Å²) in [6.45, 7) is 1.49. The molecule has 7 nitrogen and oxygen atoms in total. The lowest BCUT2D eigenvalue weighted by molar-refractivity contribution is 0.0963. The summed E-state index contributed by atoms with van der Waals surface area (Å²) in [4.78, 5) is 25.2. The van der Waals surface area contributed by atoms with Crippen molar-refractivity contribution in [2.45, 2.75) is 11.8 Å². The molecule has 0 unspecified atom stereocenters. The molecule has 1 aliphatic heterocycles. The Balaban J connectivity index is 1.99. The smallest absolute Gasteiger partial charge is 0.264 e. The minimum absolute atomic E-state index is 0.0458. The SMILES string of the molecule is COc1ccc(C(=O)NC(C)=C2C(=O)c3ccccc3S(=O)(=O)N2C)cc1. The van der Waals surface area contributed by atoms with Crippen molar-refractivity contribution in [3.8, 4) is 5.75 Å². The second-order valence-electron chi connectivity index (χ2n) is 5.95. The van der Waals surface area contributed by atoms with E-state index in [1.165, 1.54) is 33.2 Å². The number of carbonyl (C=O) groups is 2. The number of ketones is 1. The lowest BCUT2D eigenvalue weighted by Crippen LogP contribution is -2.39. The summed E-state index contributed by atoms with van der Waals surface area (Å²) in [6, 6.07) is 12.4. The van der Waals surface area contributed by atoms with Crippen molar-refractivity contribution < 1.29 is 22.7 Å². The Morgan fingerprint density at radius 2 is 1.70 bits per heavy atom. The van der Waals surface area contributed by atoms with Gasteiger partial charge in [-0.25, -0.2) is 8.42 Å². The van der Waals surface area contributed by atoms with Gasteiger partial charge in [-0.1, -0.05) is 12.1 Å². The van der Waals surface area contributed by atoms with Crippen LogP contribution in [0.2, 0.25) is 0 Å². The summed E-state index contributed by atoms with van der Waals surface area (Å²) in [5.74, 6) is -0.318. The van der Waals surface area contributed by atoms with E-state index in [2.05, 4.69) is 5.32 Å². The van der Waals surface area contributed by atoms with E-state index in [1.807, 2.05) is 0 Å². The molecule has 0 atom stereocenters. The zero-order valence-electron chi connectivity index (χ0n) is 15.0. The Hall–Kier alpha value is -3.13. The molecule has 2 aromatic carbocycles. The average Bonchev–Trinajstić information content (AvgIpc) is 2.67. The Labute approximate surface area is 157 Å². The zero-order valence-corrected chi connectivity index (χ0v) is 15.8. The van der Waals surface area contributed by atoms with Gasteiger partial charge < -0.3 is 10.1 Å². The van der Waals surface area contributed by atoms with Gasteiger partial charge in [0.05, 0.1) is 12.0 Å². The molecule has 2 aromatic rings. The van der Waals surface area contributed by atoms with Crippen LogP contribution in [-0.4, -0.2) is 38.6 Å². The molecule has 1 amide bonds. The van der Waals surface area contributed by atoms with Crippen LogP contribution in [0.5, 0.6) is 5.75 Å². The molecule has 0 spiro atoms. The van der Waals surface area contributed by atoms with E-state index in [-0.39, 0.29) is 21.9 Å². The third-order valence-electron chi connectivity index (χ3n) is 4.31. The number of sulfonamides is 1. The highest BCUT2D eigenvalue weighted by Gasteiger charge is 2.38. The Morgan fingerprint density at radius 3 is 2.33 bits per heavy atom. The number of hydrogen-bond acceptors (Lipinski definition) is 5. The van der Waals surface area contributed by atoms with E-state index in [0.29, 0.717) is 11.3 Å². The first-order valence-corrected chi connectivity index (χ1v) is 9.50. The second-order valence-corrected chi connectivity index (χ2v) is 7.89. The van der Waals surface area contributed by atoms with Gasteiger partial charge in [-0.15, -0.1) is 0 Å². The molecule has 3 rings (SSSR count). The number of Topliss-reactive ketones (excluding diaryl/α,β-unsaturated/α-hetero) is 1. The number of methoxy groups -OCH3 is 1. The highest BCUT2D eigenvalue weighted by Crippen LogP contribution is 2.31. The summed E-state index contributed by atoms with van der Waals surface area (Å²) in [5.41, 5.74) is 0.505. The van der Waals surface area contributed by atoms with Crippen LogP contribution < -0.4 is 10.1 Å². The Kier molecular flexibility index (Phi) is 4.75. The number of fused-ring (bicyclic) bond motifs is 1. The zero-order chi connectivity index (χ0) is 19.8. The van der Waals surface area contributed by atoms with Gasteiger partial charge in [0, 0.05) is 23.9 Å². The number of ether oxygens (including phenoxy) is 1. The van der Waals surface area contributed by atoms with Crippen LogP contribution in [-0.2, 0) is 10.0 Å². The first kappa shape index (κ1) is 18.7. The molecule has 1 N–H and O–H groups in total. The molecule has 0 fully saturated rings. The molecule has 8 heteroatoms. The minimum atomic E-state index is -3.87. The van der Waals surface area contributed by atoms with Gasteiger partial charge in [0.25, 0.3) is 15.9 Å². The Bertz CT molecular complexity index is 1060. The fraction of sp³-hybridized carbons (Fsp3) is 0.158. The summed E-state index contributed by atoms with van der Waals surface area (Å²) in [7, 11) is -1.06. The Morgan fingerprint density at radius 1 is 1.07 bits per heavy atom. The fourth-order valence-corrected chi connectivity index (χ4v) is 4.31. The number of allylic oxidation sites excluding steroid dienone is 2. The number of benzene rings is 2. The number of rotatable bonds is 3. The van der Waals surface area contributed by atoms with E-state index >= 15 is 0 Å². The normalized spacial score (nSPS) is 17.1. The predicted molar refractivity (Wildman–Crippen MR) is 98.9 cm³/mol. The fourth-order valence-electron chi connectivity index (χ4n) is 2.87. The van der Waals surface area contributed by atoms with Crippen LogP contribution in [0.25, 0.3) is 0 Å². The molecule has 1 aliphatic rings. The highest BCUT2D eigenvalue weighted by molar-refractivity contribution is 7.89. The maximum atomic E-state index is 12.8. The van der Waals surface area contributed by atoms with Crippen LogP contribution in [0.15, 0.2) is 64.8 Å².